The first-order valence-electron chi connectivity index (χ1n) is 11.4. The SMILES string of the molecule is Cc1nc([C@H]2C[C@@H]2c2cc(C)n(-c3c(C)cnc(-c4cccc(S(C)(=O)=O)c4F)c3F)c(=O)c2Cl)cs1. The third kappa shape index (κ3) is 4.41. The van der Waals surface area contributed by atoms with Crippen LogP contribution in [0.1, 0.15) is 45.8 Å². The van der Waals surface area contributed by atoms with Crippen molar-refractivity contribution in [3.8, 4) is 16.9 Å². The Morgan fingerprint density at radius 2 is 1.86 bits per heavy atom. The van der Waals surface area contributed by atoms with Crippen LogP contribution in [0.15, 0.2) is 45.5 Å². The van der Waals surface area contributed by atoms with E-state index in [0.717, 1.165) is 34.0 Å². The fraction of sp³-hybridized carbons (Fsp3) is 0.269. The molecule has 37 heavy (non-hydrogen) atoms. The molecule has 3 heterocycles. The first kappa shape index (κ1) is 25.7. The highest BCUT2D eigenvalue weighted by Gasteiger charge is 2.43. The van der Waals surface area contributed by atoms with Crippen LogP contribution in [-0.4, -0.2) is 29.2 Å². The van der Waals surface area contributed by atoms with Gasteiger partial charge in [-0.2, -0.15) is 0 Å². The summed E-state index contributed by atoms with van der Waals surface area (Å²) in [5.41, 5.74) is 1.01. The lowest BCUT2D eigenvalue weighted by Gasteiger charge is -2.18. The maximum atomic E-state index is 16.0. The van der Waals surface area contributed by atoms with Gasteiger partial charge in [-0.1, -0.05) is 17.7 Å². The van der Waals surface area contributed by atoms with Crippen molar-refractivity contribution in [3.63, 3.8) is 0 Å². The molecule has 1 aliphatic carbocycles. The molecule has 0 spiro atoms. The van der Waals surface area contributed by atoms with E-state index >= 15 is 8.78 Å². The Morgan fingerprint density at radius 1 is 1.14 bits per heavy atom. The number of benzene rings is 1. The van der Waals surface area contributed by atoms with Crippen molar-refractivity contribution in [2.45, 2.75) is 43.9 Å². The molecule has 1 saturated carbocycles. The van der Waals surface area contributed by atoms with Crippen LogP contribution in [0.25, 0.3) is 16.9 Å². The largest absolute Gasteiger partial charge is 0.277 e. The minimum Gasteiger partial charge on any atom is -0.277 e. The van der Waals surface area contributed by atoms with Crippen molar-refractivity contribution in [3.05, 3.63) is 90.4 Å². The number of rotatable bonds is 5. The Kier molecular flexibility index (Phi) is 6.32. The Balaban J connectivity index is 1.63. The number of thiazole rings is 1. The van der Waals surface area contributed by atoms with Crippen molar-refractivity contribution < 1.29 is 17.2 Å². The molecule has 0 amide bonds. The van der Waals surface area contributed by atoms with E-state index in [-0.39, 0.29) is 28.1 Å². The van der Waals surface area contributed by atoms with Crippen LogP contribution < -0.4 is 5.56 Å². The van der Waals surface area contributed by atoms with Crippen molar-refractivity contribution >= 4 is 32.8 Å². The number of hydrogen-bond donors (Lipinski definition) is 0. The number of aromatic nitrogens is 3. The van der Waals surface area contributed by atoms with E-state index in [4.69, 9.17) is 11.6 Å². The first-order valence-corrected chi connectivity index (χ1v) is 14.5. The van der Waals surface area contributed by atoms with E-state index in [1.165, 1.54) is 18.3 Å². The minimum atomic E-state index is -3.90. The number of sulfone groups is 1. The van der Waals surface area contributed by atoms with Gasteiger partial charge in [0.1, 0.15) is 15.6 Å². The van der Waals surface area contributed by atoms with Crippen LogP contribution in [0.5, 0.6) is 0 Å². The Bertz CT molecular complexity index is 1750. The molecule has 0 unspecified atom stereocenters. The molecule has 1 aliphatic rings. The zero-order valence-corrected chi connectivity index (χ0v) is 22.7. The molecule has 5 rings (SSSR count). The molecule has 3 aromatic heterocycles. The van der Waals surface area contributed by atoms with E-state index in [1.54, 1.807) is 31.3 Å². The zero-order chi connectivity index (χ0) is 26.8. The van der Waals surface area contributed by atoms with E-state index in [1.807, 2.05) is 12.3 Å². The smallest absolute Gasteiger partial charge is 0.274 e. The number of halogens is 3. The summed E-state index contributed by atoms with van der Waals surface area (Å²) < 4.78 is 56.2. The van der Waals surface area contributed by atoms with Crippen molar-refractivity contribution in [2.75, 3.05) is 6.26 Å². The lowest BCUT2D eigenvalue weighted by molar-refractivity contribution is 0.569. The second kappa shape index (κ2) is 9.11. The number of hydrogen-bond acceptors (Lipinski definition) is 6. The summed E-state index contributed by atoms with van der Waals surface area (Å²) in [5.74, 6) is -1.85. The molecule has 0 radical (unpaired) electrons. The fourth-order valence-corrected chi connectivity index (χ4v) is 6.42. The summed E-state index contributed by atoms with van der Waals surface area (Å²) >= 11 is 8.12. The van der Waals surface area contributed by atoms with Gasteiger partial charge in [-0.25, -0.2) is 22.2 Å². The second-order valence-electron chi connectivity index (χ2n) is 9.28. The monoisotopic (exact) mass is 561 g/mol. The zero-order valence-electron chi connectivity index (χ0n) is 20.3. The number of aryl methyl sites for hydroxylation is 3. The normalized spacial score (nSPS) is 17.3. The maximum Gasteiger partial charge on any atom is 0.274 e. The summed E-state index contributed by atoms with van der Waals surface area (Å²) in [6, 6.07) is 5.44. The van der Waals surface area contributed by atoms with E-state index in [0.29, 0.717) is 16.8 Å². The summed E-state index contributed by atoms with van der Waals surface area (Å²) in [6.07, 6.45) is 3.00. The Hall–Kier alpha value is -2.95. The number of pyridine rings is 2. The third-order valence-electron chi connectivity index (χ3n) is 6.59. The molecule has 0 N–H and O–H groups in total. The van der Waals surface area contributed by atoms with Crippen LogP contribution in [-0.2, 0) is 9.84 Å². The summed E-state index contributed by atoms with van der Waals surface area (Å²) in [4.78, 5) is 21.5. The van der Waals surface area contributed by atoms with Gasteiger partial charge in [0.2, 0.25) is 0 Å². The molecule has 0 saturated heterocycles. The van der Waals surface area contributed by atoms with Gasteiger partial charge in [0.25, 0.3) is 5.56 Å². The lowest BCUT2D eigenvalue weighted by atomic mass is 10.1. The fourth-order valence-electron chi connectivity index (χ4n) is 4.71. The summed E-state index contributed by atoms with van der Waals surface area (Å²) in [5, 5.41) is 2.97. The van der Waals surface area contributed by atoms with Gasteiger partial charge >= 0.3 is 0 Å². The summed E-state index contributed by atoms with van der Waals surface area (Å²) in [7, 11) is -3.90. The molecule has 6 nitrogen and oxygen atoms in total. The first-order chi connectivity index (χ1) is 17.4. The topological polar surface area (TPSA) is 81.9 Å². The van der Waals surface area contributed by atoms with E-state index in [9.17, 15) is 13.2 Å². The van der Waals surface area contributed by atoms with Gasteiger partial charge in [-0.05, 0) is 62.4 Å². The van der Waals surface area contributed by atoms with Crippen molar-refractivity contribution in [1.29, 1.82) is 0 Å². The second-order valence-corrected chi connectivity index (χ2v) is 12.7. The molecule has 4 aromatic rings. The molecule has 192 valence electrons. The van der Waals surface area contributed by atoms with Crippen LogP contribution in [0.3, 0.4) is 0 Å². The minimum absolute atomic E-state index is 0.00697. The predicted molar refractivity (Wildman–Crippen MR) is 140 cm³/mol. The van der Waals surface area contributed by atoms with Gasteiger partial charge in [0.15, 0.2) is 21.5 Å². The predicted octanol–water partition coefficient (Wildman–Crippen LogP) is 5.89. The molecular formula is C26H22ClF2N3O3S2. The summed E-state index contributed by atoms with van der Waals surface area (Å²) in [6.45, 7) is 5.19. The van der Waals surface area contributed by atoms with Gasteiger partial charge < -0.3 is 0 Å². The highest BCUT2D eigenvalue weighted by molar-refractivity contribution is 7.90. The van der Waals surface area contributed by atoms with Gasteiger partial charge in [-0.15, -0.1) is 11.3 Å². The Morgan fingerprint density at radius 3 is 2.51 bits per heavy atom. The molecular weight excluding hydrogens is 540 g/mol. The average molecular weight is 562 g/mol. The molecule has 0 bridgehead atoms. The van der Waals surface area contributed by atoms with Gasteiger partial charge in [0.05, 0.1) is 16.4 Å². The Labute approximate surface area is 221 Å². The molecule has 1 aromatic carbocycles. The lowest BCUT2D eigenvalue weighted by Crippen LogP contribution is -2.24. The third-order valence-corrected chi connectivity index (χ3v) is 8.87. The highest BCUT2D eigenvalue weighted by Crippen LogP contribution is 2.55. The van der Waals surface area contributed by atoms with Crippen molar-refractivity contribution in [2.24, 2.45) is 0 Å². The van der Waals surface area contributed by atoms with Crippen LogP contribution in [0.2, 0.25) is 5.02 Å². The van der Waals surface area contributed by atoms with Crippen LogP contribution in [0.4, 0.5) is 8.78 Å². The van der Waals surface area contributed by atoms with E-state index < -0.39 is 37.6 Å². The van der Waals surface area contributed by atoms with Gasteiger partial charge in [0, 0.05) is 35.0 Å². The highest BCUT2D eigenvalue weighted by atomic mass is 35.5. The molecule has 0 aliphatic heterocycles. The van der Waals surface area contributed by atoms with Gasteiger partial charge in [-0.3, -0.25) is 14.3 Å². The average Bonchev–Trinajstić information content (AvgIpc) is 3.50. The standard InChI is InChI=1S/C26H22ClF2N3O3S2/c1-12-10-30-24(15-6-5-7-20(22(15)28)37(4,34)35)23(29)25(12)32-13(2)8-18(21(27)26(32)33)16-9-17(16)19-11-36-14(3)31-19/h5-8,10-11,16-17H,9H2,1-4H3/t16-,17-/m0/s1. The van der Waals surface area contributed by atoms with Crippen LogP contribution >= 0.6 is 22.9 Å². The van der Waals surface area contributed by atoms with Crippen molar-refractivity contribution in [1.82, 2.24) is 14.5 Å². The molecule has 1 fully saturated rings. The van der Waals surface area contributed by atoms with E-state index in [2.05, 4.69) is 9.97 Å². The molecule has 11 heteroatoms. The quantitative estimate of drug-likeness (QED) is 0.303. The molecule has 2 atom stereocenters. The van der Waals surface area contributed by atoms with Crippen LogP contribution in [0, 0.1) is 32.4 Å². The number of nitrogens with zero attached hydrogens (tertiary/aromatic N) is 3. The maximum absolute atomic E-state index is 16.0.